The molecule has 1 aromatic carbocycles. The first-order valence-electron chi connectivity index (χ1n) is 14.0. The van der Waals surface area contributed by atoms with Crippen LogP contribution in [0, 0.1) is 11.3 Å². The topological polar surface area (TPSA) is 105 Å². The van der Waals surface area contributed by atoms with Gasteiger partial charge in [-0.15, -0.1) is 0 Å². The second-order valence-electron chi connectivity index (χ2n) is 11.4. The predicted octanol–water partition coefficient (Wildman–Crippen LogP) is 4.47. The molecule has 0 radical (unpaired) electrons. The molecule has 3 rings (SSSR count). The third kappa shape index (κ3) is 7.60. The van der Waals surface area contributed by atoms with Crippen molar-refractivity contribution < 1.29 is 24.2 Å². The number of amides is 1. The highest BCUT2D eigenvalue weighted by Crippen LogP contribution is 2.45. The van der Waals surface area contributed by atoms with Gasteiger partial charge in [-0.05, 0) is 61.8 Å². The molecule has 2 heterocycles. The lowest BCUT2D eigenvalue weighted by atomic mass is 9.76. The lowest BCUT2D eigenvalue weighted by molar-refractivity contribution is -0.144. The molecule has 1 fully saturated rings. The minimum Gasteiger partial charge on any atom is -0.481 e. The van der Waals surface area contributed by atoms with E-state index in [1.807, 2.05) is 23.1 Å². The van der Waals surface area contributed by atoms with Gasteiger partial charge in [-0.1, -0.05) is 46.6 Å². The van der Waals surface area contributed by atoms with Gasteiger partial charge in [0, 0.05) is 31.6 Å². The van der Waals surface area contributed by atoms with Crippen LogP contribution in [0.15, 0.2) is 18.2 Å². The maximum absolute atomic E-state index is 13.6. The molecule has 0 aliphatic carbocycles. The second kappa shape index (κ2) is 13.5. The first-order valence-corrected chi connectivity index (χ1v) is 14.0. The molecule has 3 unspecified atom stereocenters. The summed E-state index contributed by atoms with van der Waals surface area (Å²) >= 11 is 0. The van der Waals surface area contributed by atoms with Gasteiger partial charge in [-0.3, -0.25) is 14.5 Å². The standard InChI is InChI=1S/C29H47N3O5/c1-5-7-14-31(15-9-8-13-30)26(33)19-32-18-22(21-10-11-24-25(16-21)37-20-36-24)27(28(34)35)23(32)17-29(3,4)12-6-2/h10-11,16,22-23,27H,5-9,12-15,17-20,30H2,1-4H3,(H,34,35). The smallest absolute Gasteiger partial charge is 0.308 e. The minimum absolute atomic E-state index is 0.0266. The van der Waals surface area contributed by atoms with Crippen LogP contribution in [-0.4, -0.2) is 72.3 Å². The Hall–Kier alpha value is -2.32. The van der Waals surface area contributed by atoms with E-state index in [4.69, 9.17) is 15.2 Å². The fraction of sp³-hybridized carbons (Fsp3) is 0.724. The highest BCUT2D eigenvalue weighted by Gasteiger charge is 2.48. The minimum atomic E-state index is -0.805. The van der Waals surface area contributed by atoms with Crippen molar-refractivity contribution in [1.29, 1.82) is 0 Å². The van der Waals surface area contributed by atoms with E-state index in [-0.39, 0.29) is 36.6 Å². The van der Waals surface area contributed by atoms with Crippen LogP contribution in [0.5, 0.6) is 11.5 Å². The Kier molecular flexibility index (Phi) is 10.6. The number of nitrogens with two attached hydrogens (primary N) is 1. The number of ether oxygens (including phenoxy) is 2. The third-order valence-electron chi connectivity index (χ3n) is 7.90. The van der Waals surface area contributed by atoms with Gasteiger partial charge in [-0.2, -0.15) is 0 Å². The van der Waals surface area contributed by atoms with Crippen LogP contribution < -0.4 is 15.2 Å². The summed E-state index contributed by atoms with van der Waals surface area (Å²) in [5.74, 6) is -0.218. The molecule has 0 bridgehead atoms. The number of rotatable bonds is 15. The molecule has 0 spiro atoms. The highest BCUT2D eigenvalue weighted by atomic mass is 16.7. The molecule has 1 saturated heterocycles. The van der Waals surface area contributed by atoms with Gasteiger partial charge in [0.2, 0.25) is 12.7 Å². The van der Waals surface area contributed by atoms with E-state index >= 15 is 0 Å². The molecular formula is C29H47N3O5. The third-order valence-corrected chi connectivity index (χ3v) is 7.90. The number of aliphatic carboxylic acids is 1. The first-order chi connectivity index (χ1) is 17.7. The first kappa shape index (κ1) is 29.2. The Morgan fingerprint density at radius 2 is 1.84 bits per heavy atom. The lowest BCUT2D eigenvalue weighted by Crippen LogP contribution is -2.46. The maximum atomic E-state index is 13.6. The normalized spacial score (nSPS) is 21.4. The lowest BCUT2D eigenvalue weighted by Gasteiger charge is -2.35. The zero-order valence-electron chi connectivity index (χ0n) is 23.2. The Morgan fingerprint density at radius 3 is 2.51 bits per heavy atom. The Bertz CT molecular complexity index is 906. The SMILES string of the molecule is CCCCN(CCCCN)C(=O)CN1CC(c2ccc3c(c2)OCO3)C(C(=O)O)C1CC(C)(C)CCC. The second-order valence-corrected chi connectivity index (χ2v) is 11.4. The number of unbranched alkanes of at least 4 members (excludes halogenated alkanes) is 2. The number of carboxylic acids is 1. The van der Waals surface area contributed by atoms with Crippen molar-refractivity contribution in [2.75, 3.05) is 39.5 Å². The van der Waals surface area contributed by atoms with Gasteiger partial charge < -0.3 is 25.2 Å². The van der Waals surface area contributed by atoms with Gasteiger partial charge in [0.05, 0.1) is 12.5 Å². The molecule has 1 amide bonds. The number of nitrogens with zero attached hydrogens (tertiary/aromatic N) is 2. The van der Waals surface area contributed by atoms with E-state index < -0.39 is 11.9 Å². The summed E-state index contributed by atoms with van der Waals surface area (Å²) in [5, 5.41) is 10.5. The number of benzene rings is 1. The molecule has 37 heavy (non-hydrogen) atoms. The molecule has 0 saturated carbocycles. The number of hydrogen-bond acceptors (Lipinski definition) is 6. The number of hydrogen-bond donors (Lipinski definition) is 2. The van der Waals surface area contributed by atoms with E-state index in [1.165, 1.54) is 0 Å². The molecule has 1 aromatic rings. The summed E-state index contributed by atoms with van der Waals surface area (Å²) in [6.07, 6.45) is 6.53. The molecule has 8 nitrogen and oxygen atoms in total. The molecule has 3 N–H and O–H groups in total. The molecule has 2 aliphatic heterocycles. The van der Waals surface area contributed by atoms with Gasteiger partial charge in [0.1, 0.15) is 0 Å². The fourth-order valence-corrected chi connectivity index (χ4v) is 6.00. The Morgan fingerprint density at radius 1 is 1.11 bits per heavy atom. The molecule has 208 valence electrons. The van der Waals surface area contributed by atoms with Crippen molar-refractivity contribution in [3.8, 4) is 11.5 Å². The number of likely N-dealkylation sites (tertiary alicyclic amines) is 1. The van der Waals surface area contributed by atoms with Crippen molar-refractivity contribution in [1.82, 2.24) is 9.80 Å². The largest absolute Gasteiger partial charge is 0.481 e. The summed E-state index contributed by atoms with van der Waals surface area (Å²) in [5.41, 5.74) is 6.59. The van der Waals surface area contributed by atoms with Crippen molar-refractivity contribution in [2.45, 2.75) is 84.6 Å². The zero-order valence-corrected chi connectivity index (χ0v) is 23.2. The van der Waals surface area contributed by atoms with E-state index in [0.717, 1.165) is 57.1 Å². The van der Waals surface area contributed by atoms with Gasteiger partial charge in [-0.25, -0.2) is 0 Å². The average molecular weight is 518 g/mol. The molecular weight excluding hydrogens is 470 g/mol. The van der Waals surface area contributed by atoms with Crippen LogP contribution in [0.1, 0.15) is 84.1 Å². The summed E-state index contributed by atoms with van der Waals surface area (Å²) in [6.45, 7) is 11.7. The number of fused-ring (bicyclic) bond motifs is 1. The van der Waals surface area contributed by atoms with Crippen molar-refractivity contribution in [2.24, 2.45) is 17.1 Å². The van der Waals surface area contributed by atoms with Crippen molar-refractivity contribution in [3.63, 3.8) is 0 Å². The van der Waals surface area contributed by atoms with Crippen LogP contribution in [0.25, 0.3) is 0 Å². The van der Waals surface area contributed by atoms with E-state index in [9.17, 15) is 14.7 Å². The van der Waals surface area contributed by atoms with E-state index in [1.54, 1.807) is 0 Å². The molecule has 0 aromatic heterocycles. The molecule has 3 atom stereocenters. The maximum Gasteiger partial charge on any atom is 0.308 e. The number of carboxylic acid groups (broad SMARTS) is 1. The number of carbonyl (C=O) groups excluding carboxylic acids is 1. The fourth-order valence-electron chi connectivity index (χ4n) is 6.00. The molecule has 2 aliphatic rings. The molecule has 8 heteroatoms. The van der Waals surface area contributed by atoms with Gasteiger partial charge >= 0.3 is 5.97 Å². The Labute approximate surface area is 222 Å². The predicted molar refractivity (Wildman–Crippen MR) is 145 cm³/mol. The van der Waals surface area contributed by atoms with Crippen LogP contribution in [0.2, 0.25) is 0 Å². The summed E-state index contributed by atoms with van der Waals surface area (Å²) in [6, 6.07) is 5.51. The van der Waals surface area contributed by atoms with Crippen molar-refractivity contribution >= 4 is 11.9 Å². The van der Waals surface area contributed by atoms with Crippen molar-refractivity contribution in [3.05, 3.63) is 23.8 Å². The van der Waals surface area contributed by atoms with Crippen LogP contribution >= 0.6 is 0 Å². The van der Waals surface area contributed by atoms with E-state index in [2.05, 4.69) is 32.6 Å². The van der Waals surface area contributed by atoms with Crippen LogP contribution in [-0.2, 0) is 9.59 Å². The average Bonchev–Trinajstić information content (AvgIpc) is 3.45. The van der Waals surface area contributed by atoms with Gasteiger partial charge in [0.25, 0.3) is 0 Å². The quantitative estimate of drug-likeness (QED) is 0.331. The Balaban J connectivity index is 1.88. The summed E-state index contributed by atoms with van der Waals surface area (Å²) in [7, 11) is 0. The van der Waals surface area contributed by atoms with Gasteiger partial charge in [0.15, 0.2) is 11.5 Å². The summed E-state index contributed by atoms with van der Waals surface area (Å²) < 4.78 is 11.1. The number of carbonyl (C=O) groups is 2. The highest BCUT2D eigenvalue weighted by molar-refractivity contribution is 5.79. The zero-order chi connectivity index (χ0) is 27.0. The van der Waals surface area contributed by atoms with E-state index in [0.29, 0.717) is 31.1 Å². The summed E-state index contributed by atoms with van der Waals surface area (Å²) in [4.78, 5) is 30.4. The monoisotopic (exact) mass is 517 g/mol. The van der Waals surface area contributed by atoms with Crippen LogP contribution in [0.3, 0.4) is 0 Å². The van der Waals surface area contributed by atoms with Crippen LogP contribution in [0.4, 0.5) is 0 Å².